The van der Waals surface area contributed by atoms with Gasteiger partial charge in [-0.15, -0.1) is 0 Å². The molecule has 1 aliphatic heterocycles. The van der Waals surface area contributed by atoms with E-state index in [9.17, 15) is 4.79 Å². The van der Waals surface area contributed by atoms with Gasteiger partial charge in [-0.05, 0) is 31.9 Å². The minimum atomic E-state index is -0.418. The molecule has 1 amide bonds. The molecule has 0 fully saturated rings. The van der Waals surface area contributed by atoms with Crippen molar-refractivity contribution in [1.82, 2.24) is 14.5 Å². The van der Waals surface area contributed by atoms with E-state index < -0.39 is 5.91 Å². The molecule has 3 rings (SSSR count). The fourth-order valence-corrected chi connectivity index (χ4v) is 2.81. The molecule has 5 heteroatoms. The first-order valence-electron chi connectivity index (χ1n) is 6.44. The van der Waals surface area contributed by atoms with Gasteiger partial charge in [0.1, 0.15) is 5.82 Å². The van der Waals surface area contributed by atoms with Crippen molar-refractivity contribution in [2.24, 2.45) is 5.73 Å². The van der Waals surface area contributed by atoms with E-state index >= 15 is 0 Å². The van der Waals surface area contributed by atoms with E-state index in [1.54, 1.807) is 0 Å². The Morgan fingerprint density at radius 3 is 2.94 bits per heavy atom. The highest BCUT2D eigenvalue weighted by Gasteiger charge is 2.26. The molecule has 2 heterocycles. The Morgan fingerprint density at radius 2 is 2.28 bits per heavy atom. The second kappa shape index (κ2) is 4.24. The molecule has 96 valence electrons. The van der Waals surface area contributed by atoms with Crippen LogP contribution in [0.1, 0.15) is 41.3 Å². The van der Waals surface area contributed by atoms with Crippen LogP contribution in [-0.4, -0.2) is 34.0 Å². The van der Waals surface area contributed by atoms with Gasteiger partial charge in [0, 0.05) is 19.6 Å². The van der Waals surface area contributed by atoms with Crippen molar-refractivity contribution in [1.29, 1.82) is 0 Å². The van der Waals surface area contributed by atoms with Crippen LogP contribution in [0.3, 0.4) is 0 Å². The zero-order valence-corrected chi connectivity index (χ0v) is 10.6. The molecule has 2 N–H and O–H groups in total. The van der Waals surface area contributed by atoms with Crippen molar-refractivity contribution in [2.45, 2.75) is 32.4 Å². The maximum atomic E-state index is 11.5. The smallest absolute Gasteiger partial charge is 0.269 e. The van der Waals surface area contributed by atoms with Crippen molar-refractivity contribution in [3.05, 3.63) is 23.3 Å². The molecule has 5 nitrogen and oxygen atoms in total. The topological polar surface area (TPSA) is 64.2 Å². The van der Waals surface area contributed by atoms with Gasteiger partial charge in [0.25, 0.3) is 5.91 Å². The molecular formula is C13H18N4O. The number of nitrogens with two attached hydrogens (primary N) is 1. The number of rotatable bonds is 2. The molecule has 18 heavy (non-hydrogen) atoms. The zero-order valence-electron chi connectivity index (χ0n) is 10.6. The van der Waals surface area contributed by atoms with Crippen LogP contribution in [0, 0.1) is 0 Å². The van der Waals surface area contributed by atoms with Gasteiger partial charge >= 0.3 is 0 Å². The van der Waals surface area contributed by atoms with Crippen LogP contribution < -0.4 is 5.73 Å². The summed E-state index contributed by atoms with van der Waals surface area (Å²) < 4.78 is 2.18. The van der Waals surface area contributed by atoms with Crippen LogP contribution in [0.5, 0.6) is 0 Å². The van der Waals surface area contributed by atoms with E-state index in [1.807, 2.05) is 0 Å². The standard InChI is InChI=1S/C13H18N4O/c1-16-6-7-17-10(8-16)11(12(14)18)15-13(17)9-4-2-3-5-9/h4H,2-3,5-8H2,1H3,(H2,14,18). The van der Waals surface area contributed by atoms with Gasteiger partial charge in [-0.1, -0.05) is 6.08 Å². The third kappa shape index (κ3) is 1.75. The van der Waals surface area contributed by atoms with E-state index in [0.29, 0.717) is 5.69 Å². The minimum Gasteiger partial charge on any atom is -0.364 e. The van der Waals surface area contributed by atoms with Crippen LogP contribution in [0.2, 0.25) is 0 Å². The van der Waals surface area contributed by atoms with E-state index in [-0.39, 0.29) is 0 Å². The summed E-state index contributed by atoms with van der Waals surface area (Å²) in [6.07, 6.45) is 5.59. The van der Waals surface area contributed by atoms with Gasteiger partial charge in [0.2, 0.25) is 0 Å². The number of nitrogens with zero attached hydrogens (tertiary/aromatic N) is 3. The summed E-state index contributed by atoms with van der Waals surface area (Å²) >= 11 is 0. The molecule has 0 saturated heterocycles. The summed E-state index contributed by atoms with van der Waals surface area (Å²) in [7, 11) is 2.05. The zero-order chi connectivity index (χ0) is 12.7. The molecule has 2 aliphatic rings. The summed E-state index contributed by atoms with van der Waals surface area (Å²) in [6.45, 7) is 2.62. The number of fused-ring (bicyclic) bond motifs is 1. The van der Waals surface area contributed by atoms with Gasteiger partial charge in [-0.2, -0.15) is 0 Å². The second-order valence-electron chi connectivity index (χ2n) is 5.11. The van der Waals surface area contributed by atoms with Crippen LogP contribution >= 0.6 is 0 Å². The third-order valence-electron chi connectivity index (χ3n) is 3.76. The molecule has 1 aromatic heterocycles. The normalized spacial score (nSPS) is 19.7. The number of imidazole rings is 1. The molecule has 1 aromatic rings. The summed E-state index contributed by atoms with van der Waals surface area (Å²) in [5, 5.41) is 0. The first-order chi connectivity index (χ1) is 8.66. The predicted octanol–water partition coefficient (Wildman–Crippen LogP) is 0.995. The van der Waals surface area contributed by atoms with Crippen LogP contribution in [0.4, 0.5) is 0 Å². The first-order valence-corrected chi connectivity index (χ1v) is 6.44. The molecule has 0 aromatic carbocycles. The summed E-state index contributed by atoms with van der Waals surface area (Å²) in [5.41, 5.74) is 8.13. The number of carbonyl (C=O) groups excluding carboxylic acids is 1. The Morgan fingerprint density at radius 1 is 1.44 bits per heavy atom. The highest BCUT2D eigenvalue weighted by Crippen LogP contribution is 2.30. The van der Waals surface area contributed by atoms with E-state index in [1.165, 1.54) is 12.0 Å². The number of primary amides is 1. The van der Waals surface area contributed by atoms with Gasteiger partial charge < -0.3 is 10.3 Å². The van der Waals surface area contributed by atoms with Gasteiger partial charge in [-0.25, -0.2) is 4.98 Å². The van der Waals surface area contributed by atoms with Gasteiger partial charge in [0.15, 0.2) is 5.69 Å². The Labute approximate surface area is 106 Å². The highest BCUT2D eigenvalue weighted by molar-refractivity contribution is 5.92. The van der Waals surface area contributed by atoms with Crippen molar-refractivity contribution >= 4 is 11.5 Å². The molecule has 0 unspecified atom stereocenters. The number of hydrogen-bond donors (Lipinski definition) is 1. The van der Waals surface area contributed by atoms with Crippen LogP contribution in [0.15, 0.2) is 6.08 Å². The molecule has 1 aliphatic carbocycles. The predicted molar refractivity (Wildman–Crippen MR) is 68.9 cm³/mol. The van der Waals surface area contributed by atoms with Gasteiger partial charge in [-0.3, -0.25) is 9.69 Å². The van der Waals surface area contributed by atoms with Crippen molar-refractivity contribution in [3.63, 3.8) is 0 Å². The minimum absolute atomic E-state index is 0.418. The highest BCUT2D eigenvalue weighted by atomic mass is 16.1. The molecule has 0 radical (unpaired) electrons. The number of allylic oxidation sites excluding steroid dienone is 2. The largest absolute Gasteiger partial charge is 0.364 e. The number of likely N-dealkylation sites (N-methyl/N-ethyl adjacent to an activating group) is 1. The maximum absolute atomic E-state index is 11.5. The van der Waals surface area contributed by atoms with E-state index in [2.05, 4.69) is 27.6 Å². The SMILES string of the molecule is CN1CCn2c(C3=CCCC3)nc(C(N)=O)c2C1. The Balaban J connectivity index is 2.10. The number of hydrogen-bond acceptors (Lipinski definition) is 3. The Bertz CT molecular complexity index is 529. The fraction of sp³-hybridized carbons (Fsp3) is 0.538. The maximum Gasteiger partial charge on any atom is 0.269 e. The quantitative estimate of drug-likeness (QED) is 0.846. The number of carbonyl (C=O) groups is 1. The Hall–Kier alpha value is -1.62. The Kier molecular flexibility index (Phi) is 2.70. The number of amides is 1. The lowest BCUT2D eigenvalue weighted by Crippen LogP contribution is -2.32. The molecule has 0 bridgehead atoms. The van der Waals surface area contributed by atoms with E-state index in [4.69, 9.17) is 5.73 Å². The average Bonchev–Trinajstić information content (AvgIpc) is 2.93. The van der Waals surface area contributed by atoms with Crippen molar-refractivity contribution in [2.75, 3.05) is 13.6 Å². The van der Waals surface area contributed by atoms with Crippen LogP contribution in [0.25, 0.3) is 5.57 Å². The third-order valence-corrected chi connectivity index (χ3v) is 3.76. The van der Waals surface area contributed by atoms with E-state index in [0.717, 1.165) is 44.0 Å². The molecule has 0 saturated carbocycles. The lowest BCUT2D eigenvalue weighted by Gasteiger charge is -2.25. The lowest BCUT2D eigenvalue weighted by atomic mass is 10.2. The van der Waals surface area contributed by atoms with Crippen molar-refractivity contribution < 1.29 is 4.79 Å². The summed E-state index contributed by atoms with van der Waals surface area (Å²) in [6, 6.07) is 0. The average molecular weight is 246 g/mol. The van der Waals surface area contributed by atoms with Gasteiger partial charge in [0.05, 0.1) is 5.69 Å². The number of aromatic nitrogens is 2. The van der Waals surface area contributed by atoms with Crippen molar-refractivity contribution in [3.8, 4) is 0 Å². The second-order valence-corrected chi connectivity index (χ2v) is 5.11. The summed E-state index contributed by atoms with van der Waals surface area (Å²) in [4.78, 5) is 18.2. The molecule has 0 spiro atoms. The molecule has 0 atom stereocenters. The monoisotopic (exact) mass is 246 g/mol. The first kappa shape index (κ1) is 11.5. The molecular weight excluding hydrogens is 228 g/mol. The fourth-order valence-electron chi connectivity index (χ4n) is 2.81. The summed E-state index contributed by atoms with van der Waals surface area (Å²) in [5.74, 6) is 0.545. The lowest BCUT2D eigenvalue weighted by molar-refractivity contribution is 0.0993. The van der Waals surface area contributed by atoms with Crippen LogP contribution in [-0.2, 0) is 13.1 Å².